The SMILES string of the molecule is C=CC(=O)N1CCN(c2nc(=O)n3c4c(c(-c5c(O)cccc5F)c(Cl)cc24)OCC3)[C@@H](C)C1. The van der Waals surface area contributed by atoms with Crippen molar-refractivity contribution in [2.24, 2.45) is 0 Å². The van der Waals surface area contributed by atoms with E-state index < -0.39 is 11.5 Å². The van der Waals surface area contributed by atoms with Crippen LogP contribution in [0, 0.1) is 5.82 Å². The van der Waals surface area contributed by atoms with E-state index in [0.29, 0.717) is 36.4 Å². The summed E-state index contributed by atoms with van der Waals surface area (Å²) >= 11 is 6.66. The van der Waals surface area contributed by atoms with E-state index in [-0.39, 0.29) is 52.7 Å². The number of aromatic hydroxyl groups is 1. The summed E-state index contributed by atoms with van der Waals surface area (Å²) in [6.45, 7) is 7.27. The molecule has 0 bridgehead atoms. The summed E-state index contributed by atoms with van der Waals surface area (Å²) < 4.78 is 22.2. The number of amides is 1. The Kier molecular flexibility index (Phi) is 5.44. The lowest BCUT2D eigenvalue weighted by atomic mass is 9.99. The van der Waals surface area contributed by atoms with Gasteiger partial charge in [0.25, 0.3) is 0 Å². The van der Waals surface area contributed by atoms with E-state index in [1.54, 1.807) is 11.0 Å². The van der Waals surface area contributed by atoms with E-state index >= 15 is 0 Å². The van der Waals surface area contributed by atoms with Crippen molar-refractivity contribution in [3.63, 3.8) is 0 Å². The second-order valence-electron chi connectivity index (χ2n) is 8.34. The zero-order valence-corrected chi connectivity index (χ0v) is 19.2. The van der Waals surface area contributed by atoms with E-state index in [2.05, 4.69) is 11.6 Å². The molecular weight excluding hydrogens is 463 g/mol. The molecule has 10 heteroatoms. The van der Waals surface area contributed by atoms with Gasteiger partial charge in [0.15, 0.2) is 5.75 Å². The van der Waals surface area contributed by atoms with Gasteiger partial charge in [-0.25, -0.2) is 9.18 Å². The molecule has 5 rings (SSSR count). The third-order valence-corrected chi connectivity index (χ3v) is 6.64. The van der Waals surface area contributed by atoms with Gasteiger partial charge in [-0.05, 0) is 31.2 Å². The van der Waals surface area contributed by atoms with Crippen LogP contribution in [0.25, 0.3) is 22.0 Å². The third kappa shape index (κ3) is 3.38. The summed E-state index contributed by atoms with van der Waals surface area (Å²) in [7, 11) is 0. The minimum absolute atomic E-state index is 0.0893. The number of rotatable bonds is 3. The highest BCUT2D eigenvalue weighted by Gasteiger charge is 2.32. The lowest BCUT2D eigenvalue weighted by Crippen LogP contribution is -2.54. The zero-order chi connectivity index (χ0) is 24.1. The summed E-state index contributed by atoms with van der Waals surface area (Å²) in [5.74, 6) is -0.449. The molecule has 2 aromatic carbocycles. The largest absolute Gasteiger partial charge is 0.507 e. The first-order chi connectivity index (χ1) is 16.3. The van der Waals surface area contributed by atoms with Gasteiger partial charge >= 0.3 is 5.69 Å². The Balaban J connectivity index is 1.73. The number of aromatic nitrogens is 2. The lowest BCUT2D eigenvalue weighted by Gasteiger charge is -2.40. The molecule has 8 nitrogen and oxygen atoms in total. The average molecular weight is 485 g/mol. The van der Waals surface area contributed by atoms with E-state index in [1.807, 2.05) is 11.8 Å². The van der Waals surface area contributed by atoms with Crippen LogP contribution in [-0.4, -0.2) is 57.7 Å². The smallest absolute Gasteiger partial charge is 0.350 e. The van der Waals surface area contributed by atoms with Crippen molar-refractivity contribution in [3.8, 4) is 22.6 Å². The Morgan fingerprint density at radius 1 is 1.32 bits per heavy atom. The molecule has 3 heterocycles. The summed E-state index contributed by atoms with van der Waals surface area (Å²) in [5, 5.41) is 11.1. The van der Waals surface area contributed by atoms with Crippen LogP contribution in [0.1, 0.15) is 6.92 Å². The maximum Gasteiger partial charge on any atom is 0.350 e. The monoisotopic (exact) mass is 484 g/mol. The molecule has 1 N–H and O–H groups in total. The standard InChI is InChI=1S/C24H22ClFN4O4/c1-3-18(32)28-7-8-29(13(2)12-28)23-14-11-15(25)19(20-16(26)5-4-6-17(20)31)22-21(14)30(9-10-34-22)24(33)27-23/h3-6,11,13,31H,1,7-10,12H2,2H3/t13-/m0/s1. The molecule has 0 aliphatic carbocycles. The topological polar surface area (TPSA) is 87.9 Å². The van der Waals surface area contributed by atoms with Crippen LogP contribution in [0.4, 0.5) is 10.2 Å². The Hall–Kier alpha value is -3.59. The summed E-state index contributed by atoms with van der Waals surface area (Å²) in [6, 6.07) is 5.48. The van der Waals surface area contributed by atoms with Gasteiger partial charge < -0.3 is 19.6 Å². The fourth-order valence-electron chi connectivity index (χ4n) is 4.76. The molecule has 176 valence electrons. The van der Waals surface area contributed by atoms with Gasteiger partial charge in [0.1, 0.15) is 24.0 Å². The van der Waals surface area contributed by atoms with Crippen LogP contribution in [0.5, 0.6) is 11.5 Å². The number of ether oxygens (including phenoxy) is 1. The number of carbonyl (C=O) groups excluding carboxylic acids is 1. The van der Waals surface area contributed by atoms with E-state index in [0.717, 1.165) is 0 Å². The lowest BCUT2D eigenvalue weighted by molar-refractivity contribution is -0.126. The first-order valence-electron chi connectivity index (χ1n) is 10.9. The van der Waals surface area contributed by atoms with Gasteiger partial charge in [-0.1, -0.05) is 24.2 Å². The van der Waals surface area contributed by atoms with Crippen LogP contribution in [0.15, 0.2) is 41.7 Å². The fourth-order valence-corrected chi connectivity index (χ4v) is 5.05. The number of hydrogen-bond donors (Lipinski definition) is 1. The molecule has 0 radical (unpaired) electrons. The van der Waals surface area contributed by atoms with Crippen LogP contribution >= 0.6 is 11.6 Å². The number of phenols is 1. The Labute approximate surface area is 199 Å². The molecule has 34 heavy (non-hydrogen) atoms. The van der Waals surface area contributed by atoms with Crippen molar-refractivity contribution in [2.45, 2.75) is 19.5 Å². The Morgan fingerprint density at radius 3 is 2.82 bits per heavy atom. The van der Waals surface area contributed by atoms with Crippen molar-refractivity contribution >= 4 is 34.2 Å². The van der Waals surface area contributed by atoms with Gasteiger partial charge in [0, 0.05) is 31.1 Å². The van der Waals surface area contributed by atoms with E-state index in [9.17, 15) is 19.1 Å². The van der Waals surface area contributed by atoms with Crippen molar-refractivity contribution in [1.82, 2.24) is 14.5 Å². The number of hydrogen-bond acceptors (Lipinski definition) is 6. The zero-order valence-electron chi connectivity index (χ0n) is 18.4. The second-order valence-corrected chi connectivity index (χ2v) is 8.75. The first-order valence-corrected chi connectivity index (χ1v) is 11.2. The molecule has 1 atom stereocenters. The van der Waals surface area contributed by atoms with Crippen molar-refractivity contribution in [3.05, 3.63) is 58.2 Å². The highest BCUT2D eigenvalue weighted by atomic mass is 35.5. The number of phenolic OH excluding ortho intramolecular Hbond substituents is 1. The van der Waals surface area contributed by atoms with Gasteiger partial charge in [0.05, 0.1) is 28.2 Å². The maximum absolute atomic E-state index is 14.8. The normalized spacial score (nSPS) is 17.6. The predicted octanol–water partition coefficient (Wildman–Crippen LogP) is 3.18. The fraction of sp³-hybridized carbons (Fsp3) is 0.292. The number of anilines is 1. The molecule has 1 fully saturated rings. The van der Waals surface area contributed by atoms with Gasteiger partial charge in [0.2, 0.25) is 5.91 Å². The number of benzene rings is 2. The third-order valence-electron chi connectivity index (χ3n) is 6.34. The van der Waals surface area contributed by atoms with Crippen LogP contribution < -0.4 is 15.3 Å². The Morgan fingerprint density at radius 2 is 2.12 bits per heavy atom. The second kappa shape index (κ2) is 8.32. The summed E-state index contributed by atoms with van der Waals surface area (Å²) in [6.07, 6.45) is 1.28. The quantitative estimate of drug-likeness (QED) is 0.574. The van der Waals surface area contributed by atoms with Crippen molar-refractivity contribution in [2.75, 3.05) is 31.1 Å². The van der Waals surface area contributed by atoms with Gasteiger partial charge in [-0.3, -0.25) is 9.36 Å². The molecule has 1 amide bonds. The molecule has 0 spiro atoms. The molecule has 1 saturated heterocycles. The number of nitrogens with zero attached hydrogens (tertiary/aromatic N) is 4. The Bertz CT molecular complexity index is 1390. The van der Waals surface area contributed by atoms with Crippen LogP contribution in [0.3, 0.4) is 0 Å². The molecular formula is C24H22ClFN4O4. The number of piperazine rings is 1. The molecule has 3 aromatic rings. The first kappa shape index (κ1) is 22.2. The predicted molar refractivity (Wildman–Crippen MR) is 127 cm³/mol. The maximum atomic E-state index is 14.8. The number of halogens is 2. The summed E-state index contributed by atoms with van der Waals surface area (Å²) in [5.41, 5.74) is 0.0766. The molecule has 0 unspecified atom stereocenters. The van der Waals surface area contributed by atoms with Crippen LogP contribution in [-0.2, 0) is 11.3 Å². The van der Waals surface area contributed by atoms with Gasteiger partial charge in [-0.15, -0.1) is 0 Å². The minimum Gasteiger partial charge on any atom is -0.507 e. The van der Waals surface area contributed by atoms with Crippen LogP contribution in [0.2, 0.25) is 5.02 Å². The van der Waals surface area contributed by atoms with Crippen molar-refractivity contribution < 1.29 is 19.0 Å². The molecule has 0 saturated carbocycles. The minimum atomic E-state index is -0.661. The average Bonchev–Trinajstić information content (AvgIpc) is 2.82. The van der Waals surface area contributed by atoms with E-state index in [4.69, 9.17) is 16.3 Å². The molecule has 1 aromatic heterocycles. The van der Waals surface area contributed by atoms with Crippen molar-refractivity contribution in [1.29, 1.82) is 0 Å². The van der Waals surface area contributed by atoms with Gasteiger partial charge in [-0.2, -0.15) is 4.98 Å². The highest BCUT2D eigenvalue weighted by Crippen LogP contribution is 2.48. The molecule has 2 aliphatic heterocycles. The highest BCUT2D eigenvalue weighted by molar-refractivity contribution is 6.35. The van der Waals surface area contributed by atoms with E-state index in [1.165, 1.54) is 28.8 Å². The summed E-state index contributed by atoms with van der Waals surface area (Å²) in [4.78, 5) is 33.1. The molecule has 2 aliphatic rings. The number of carbonyl (C=O) groups is 1.